The van der Waals surface area contributed by atoms with E-state index in [9.17, 15) is 4.79 Å². The minimum atomic E-state index is -0.894. The summed E-state index contributed by atoms with van der Waals surface area (Å²) in [5.74, 6) is 0. The van der Waals surface area contributed by atoms with Gasteiger partial charge in [-0.2, -0.15) is 0 Å². The molecule has 0 radical (unpaired) electrons. The number of hydrogen-bond donors (Lipinski definition) is 2. The SMILES string of the molecule is CC(C)OC1CCC(N2CCC(NC(=O)O)CC2)CC1. The van der Waals surface area contributed by atoms with Crippen molar-refractivity contribution in [1.29, 1.82) is 0 Å². The van der Waals surface area contributed by atoms with Crippen molar-refractivity contribution in [1.82, 2.24) is 10.2 Å². The van der Waals surface area contributed by atoms with Crippen LogP contribution in [-0.2, 0) is 4.74 Å². The minimum absolute atomic E-state index is 0.143. The lowest BCUT2D eigenvalue weighted by molar-refractivity contribution is -0.0284. The molecule has 0 aromatic carbocycles. The molecule has 0 atom stereocenters. The Labute approximate surface area is 121 Å². The second-order valence-corrected chi connectivity index (χ2v) is 6.38. The van der Waals surface area contributed by atoms with E-state index in [4.69, 9.17) is 9.84 Å². The molecule has 2 aliphatic rings. The maximum Gasteiger partial charge on any atom is 0.404 e. The van der Waals surface area contributed by atoms with Crippen LogP contribution >= 0.6 is 0 Å². The van der Waals surface area contributed by atoms with E-state index in [-0.39, 0.29) is 6.04 Å². The monoisotopic (exact) mass is 284 g/mol. The summed E-state index contributed by atoms with van der Waals surface area (Å²) in [6.45, 7) is 6.25. The Morgan fingerprint density at radius 1 is 1.15 bits per heavy atom. The Morgan fingerprint density at radius 3 is 2.25 bits per heavy atom. The van der Waals surface area contributed by atoms with Gasteiger partial charge in [0.1, 0.15) is 0 Å². The van der Waals surface area contributed by atoms with Gasteiger partial charge in [-0.25, -0.2) is 4.79 Å². The molecule has 2 rings (SSSR count). The lowest BCUT2D eigenvalue weighted by Crippen LogP contribution is -2.49. The zero-order valence-corrected chi connectivity index (χ0v) is 12.7. The van der Waals surface area contributed by atoms with Crippen molar-refractivity contribution in [3.63, 3.8) is 0 Å². The number of rotatable bonds is 4. The molecule has 0 spiro atoms. The summed E-state index contributed by atoms with van der Waals surface area (Å²) in [6, 6.07) is 0.817. The molecule has 1 saturated heterocycles. The third kappa shape index (κ3) is 4.63. The summed E-state index contributed by atoms with van der Waals surface area (Å²) in [7, 11) is 0. The van der Waals surface area contributed by atoms with Gasteiger partial charge < -0.3 is 20.1 Å². The van der Waals surface area contributed by atoms with Gasteiger partial charge in [0.2, 0.25) is 0 Å². The lowest BCUT2D eigenvalue weighted by atomic mass is 9.90. The molecule has 2 N–H and O–H groups in total. The topological polar surface area (TPSA) is 61.8 Å². The van der Waals surface area contributed by atoms with Gasteiger partial charge in [0, 0.05) is 25.2 Å². The van der Waals surface area contributed by atoms with Gasteiger partial charge in [-0.1, -0.05) is 0 Å². The van der Waals surface area contributed by atoms with E-state index in [0.717, 1.165) is 38.8 Å². The highest BCUT2D eigenvalue weighted by molar-refractivity contribution is 5.64. The van der Waals surface area contributed by atoms with Gasteiger partial charge in [-0.15, -0.1) is 0 Å². The molecule has 1 saturated carbocycles. The van der Waals surface area contributed by atoms with Gasteiger partial charge >= 0.3 is 6.09 Å². The Bertz CT molecular complexity index is 306. The quantitative estimate of drug-likeness (QED) is 0.832. The summed E-state index contributed by atoms with van der Waals surface area (Å²) >= 11 is 0. The summed E-state index contributed by atoms with van der Waals surface area (Å²) < 4.78 is 5.89. The molecule has 1 amide bonds. The minimum Gasteiger partial charge on any atom is -0.465 e. The molecule has 5 heteroatoms. The number of amides is 1. The fraction of sp³-hybridized carbons (Fsp3) is 0.933. The normalized spacial score (nSPS) is 29.6. The van der Waals surface area contributed by atoms with Crippen LogP contribution in [0.5, 0.6) is 0 Å². The third-order valence-electron chi connectivity index (χ3n) is 4.48. The molecular formula is C15H28N2O3. The van der Waals surface area contributed by atoms with E-state index in [1.165, 1.54) is 12.8 Å². The first-order valence-electron chi connectivity index (χ1n) is 7.93. The molecule has 1 aliphatic carbocycles. The van der Waals surface area contributed by atoms with Gasteiger partial charge in [0.05, 0.1) is 12.2 Å². The number of ether oxygens (including phenoxy) is 1. The maximum absolute atomic E-state index is 10.6. The average Bonchev–Trinajstić information content (AvgIpc) is 2.39. The van der Waals surface area contributed by atoms with Crippen molar-refractivity contribution >= 4 is 6.09 Å². The number of carboxylic acid groups (broad SMARTS) is 1. The molecule has 2 fully saturated rings. The zero-order valence-electron chi connectivity index (χ0n) is 12.7. The highest BCUT2D eigenvalue weighted by Crippen LogP contribution is 2.27. The fourth-order valence-electron chi connectivity index (χ4n) is 3.51. The Morgan fingerprint density at radius 2 is 1.75 bits per heavy atom. The summed E-state index contributed by atoms with van der Waals surface area (Å²) in [6.07, 6.45) is 6.51. The first-order chi connectivity index (χ1) is 9.54. The number of piperidine rings is 1. The van der Waals surface area contributed by atoms with Crippen LogP contribution in [-0.4, -0.2) is 53.5 Å². The van der Waals surface area contributed by atoms with E-state index in [1.807, 2.05) is 0 Å². The van der Waals surface area contributed by atoms with Gasteiger partial charge in [-0.3, -0.25) is 0 Å². The number of hydrogen-bond acceptors (Lipinski definition) is 3. The maximum atomic E-state index is 10.6. The summed E-state index contributed by atoms with van der Waals surface area (Å²) in [4.78, 5) is 13.2. The van der Waals surface area contributed by atoms with Crippen molar-refractivity contribution in [2.45, 2.75) is 76.7 Å². The van der Waals surface area contributed by atoms with Crippen LogP contribution < -0.4 is 5.32 Å². The van der Waals surface area contributed by atoms with Gasteiger partial charge in [-0.05, 0) is 52.4 Å². The van der Waals surface area contributed by atoms with Crippen LogP contribution in [0.4, 0.5) is 4.79 Å². The smallest absolute Gasteiger partial charge is 0.404 e. The number of nitrogens with one attached hydrogen (secondary N) is 1. The second-order valence-electron chi connectivity index (χ2n) is 6.38. The first kappa shape index (κ1) is 15.6. The predicted octanol–water partition coefficient (Wildman–Crippen LogP) is 2.45. The number of carbonyl (C=O) groups is 1. The van der Waals surface area contributed by atoms with Crippen molar-refractivity contribution in [2.75, 3.05) is 13.1 Å². The molecule has 1 aliphatic heterocycles. The van der Waals surface area contributed by atoms with Crippen LogP contribution in [0.15, 0.2) is 0 Å². The lowest BCUT2D eigenvalue weighted by Gasteiger charge is -2.40. The number of nitrogens with zero attached hydrogens (tertiary/aromatic N) is 1. The summed E-state index contributed by atoms with van der Waals surface area (Å²) in [5.41, 5.74) is 0. The molecule has 1 heterocycles. The molecule has 5 nitrogen and oxygen atoms in total. The predicted molar refractivity (Wildman–Crippen MR) is 78.0 cm³/mol. The zero-order chi connectivity index (χ0) is 14.5. The van der Waals surface area contributed by atoms with Crippen LogP contribution in [0.3, 0.4) is 0 Å². The van der Waals surface area contributed by atoms with Crippen LogP contribution in [0, 0.1) is 0 Å². The molecule has 0 aromatic heterocycles. The fourth-order valence-corrected chi connectivity index (χ4v) is 3.51. The first-order valence-corrected chi connectivity index (χ1v) is 7.93. The molecule has 116 valence electrons. The van der Waals surface area contributed by atoms with E-state index in [1.54, 1.807) is 0 Å². The molecule has 20 heavy (non-hydrogen) atoms. The van der Waals surface area contributed by atoms with E-state index in [2.05, 4.69) is 24.1 Å². The number of likely N-dealkylation sites (tertiary alicyclic amines) is 1. The van der Waals surface area contributed by atoms with Crippen molar-refractivity contribution in [3.05, 3.63) is 0 Å². The summed E-state index contributed by atoms with van der Waals surface area (Å²) in [5, 5.41) is 11.3. The molecular weight excluding hydrogens is 256 g/mol. The Balaban J connectivity index is 1.69. The molecule has 0 aromatic rings. The molecule has 0 bridgehead atoms. The standard InChI is InChI=1S/C15H28N2O3/c1-11(2)20-14-5-3-13(4-6-14)17-9-7-12(8-10-17)16-15(18)19/h11-14,16H,3-10H2,1-2H3,(H,18,19). The van der Waals surface area contributed by atoms with Crippen LogP contribution in [0.1, 0.15) is 52.4 Å². The second kappa shape index (κ2) is 7.27. The van der Waals surface area contributed by atoms with Crippen molar-refractivity contribution < 1.29 is 14.6 Å². The van der Waals surface area contributed by atoms with Gasteiger partial charge in [0.15, 0.2) is 0 Å². The van der Waals surface area contributed by atoms with Crippen molar-refractivity contribution in [3.8, 4) is 0 Å². The highest BCUT2D eigenvalue weighted by atomic mass is 16.5. The van der Waals surface area contributed by atoms with E-state index in [0.29, 0.717) is 18.2 Å². The Kier molecular flexibility index (Phi) is 5.66. The van der Waals surface area contributed by atoms with Crippen LogP contribution in [0.2, 0.25) is 0 Å². The van der Waals surface area contributed by atoms with Gasteiger partial charge in [0.25, 0.3) is 0 Å². The highest BCUT2D eigenvalue weighted by Gasteiger charge is 2.29. The largest absolute Gasteiger partial charge is 0.465 e. The third-order valence-corrected chi connectivity index (χ3v) is 4.48. The van der Waals surface area contributed by atoms with E-state index < -0.39 is 6.09 Å². The molecule has 0 unspecified atom stereocenters. The Hall–Kier alpha value is -0.810. The van der Waals surface area contributed by atoms with Crippen LogP contribution in [0.25, 0.3) is 0 Å². The van der Waals surface area contributed by atoms with E-state index >= 15 is 0 Å². The average molecular weight is 284 g/mol. The van der Waals surface area contributed by atoms with Crippen molar-refractivity contribution in [2.24, 2.45) is 0 Å².